The summed E-state index contributed by atoms with van der Waals surface area (Å²) in [6.45, 7) is 4.99. The summed E-state index contributed by atoms with van der Waals surface area (Å²) < 4.78 is 14.8. The van der Waals surface area contributed by atoms with E-state index in [0.29, 0.717) is 6.42 Å². The van der Waals surface area contributed by atoms with Crippen LogP contribution >= 0.6 is 0 Å². The monoisotopic (exact) mass is 274 g/mol. The molecule has 1 N–H and O–H groups in total. The van der Waals surface area contributed by atoms with Gasteiger partial charge in [-0.25, -0.2) is 4.39 Å². The van der Waals surface area contributed by atoms with Crippen LogP contribution < -0.4 is 5.32 Å². The zero-order valence-corrected chi connectivity index (χ0v) is 11.8. The molecular formula is C16H19FN2O. The van der Waals surface area contributed by atoms with Gasteiger partial charge in [0.05, 0.1) is 0 Å². The maximum atomic E-state index is 12.8. The lowest BCUT2D eigenvalue weighted by Gasteiger charge is -2.15. The van der Waals surface area contributed by atoms with E-state index in [0.717, 1.165) is 17.5 Å². The van der Waals surface area contributed by atoms with Gasteiger partial charge in [-0.3, -0.25) is 4.79 Å². The van der Waals surface area contributed by atoms with E-state index in [-0.39, 0.29) is 6.04 Å². The topological polar surface area (TPSA) is 34.0 Å². The minimum Gasteiger partial charge on any atom is -0.350 e. The van der Waals surface area contributed by atoms with Gasteiger partial charge in [-0.2, -0.15) is 0 Å². The second-order valence-electron chi connectivity index (χ2n) is 4.97. The highest BCUT2D eigenvalue weighted by molar-refractivity contribution is 5.90. The van der Waals surface area contributed by atoms with Gasteiger partial charge >= 0.3 is 0 Å². The number of carbonyl (C=O) groups is 1. The molecule has 0 spiro atoms. The molecule has 1 aromatic carbocycles. The molecule has 2 rings (SSSR count). The first-order valence-corrected chi connectivity index (χ1v) is 6.71. The molecule has 0 bridgehead atoms. The number of para-hydroxylation sites is 1. The molecule has 0 aliphatic rings. The van der Waals surface area contributed by atoms with Crippen LogP contribution in [0.5, 0.6) is 0 Å². The van der Waals surface area contributed by atoms with Gasteiger partial charge in [-0.15, -0.1) is 0 Å². The number of fused-ring (bicyclic) bond motifs is 1. The SMILES string of the molecule is C=C(F)C(=O)NC(CC)Cc1cn(C)c2ccccc12. The van der Waals surface area contributed by atoms with Crippen LogP contribution in [0, 0.1) is 0 Å². The number of nitrogens with one attached hydrogen (secondary N) is 1. The molecule has 1 heterocycles. The van der Waals surface area contributed by atoms with E-state index in [2.05, 4.69) is 34.8 Å². The summed E-state index contributed by atoms with van der Waals surface area (Å²) in [5.41, 5.74) is 2.30. The molecule has 0 saturated heterocycles. The van der Waals surface area contributed by atoms with Gasteiger partial charge in [0.25, 0.3) is 5.91 Å². The number of hydrogen-bond acceptors (Lipinski definition) is 1. The van der Waals surface area contributed by atoms with E-state index in [1.165, 1.54) is 5.39 Å². The fraction of sp³-hybridized carbons (Fsp3) is 0.312. The van der Waals surface area contributed by atoms with Gasteiger partial charge in [0, 0.05) is 30.2 Å². The molecule has 0 fully saturated rings. The molecule has 0 aliphatic heterocycles. The molecule has 0 saturated carbocycles. The van der Waals surface area contributed by atoms with Gasteiger partial charge in [-0.05, 0) is 24.5 Å². The van der Waals surface area contributed by atoms with Crippen molar-refractivity contribution in [3.63, 3.8) is 0 Å². The van der Waals surface area contributed by atoms with Crippen molar-refractivity contribution in [1.82, 2.24) is 9.88 Å². The minimum atomic E-state index is -0.943. The maximum Gasteiger partial charge on any atom is 0.279 e. The number of nitrogens with zero attached hydrogens (tertiary/aromatic N) is 1. The van der Waals surface area contributed by atoms with Crippen molar-refractivity contribution in [3.8, 4) is 0 Å². The standard InChI is InChI=1S/C16H19FN2O/c1-4-13(18-16(20)11(2)17)9-12-10-19(3)15-8-6-5-7-14(12)15/h5-8,10,13H,2,4,9H2,1,3H3,(H,18,20). The molecule has 1 unspecified atom stereocenters. The molecule has 1 aromatic heterocycles. The molecule has 0 aliphatic carbocycles. The third-order valence-electron chi connectivity index (χ3n) is 3.52. The second-order valence-corrected chi connectivity index (χ2v) is 4.97. The number of aromatic nitrogens is 1. The average molecular weight is 274 g/mol. The Bertz CT molecular complexity index is 645. The lowest BCUT2D eigenvalue weighted by atomic mass is 10.0. The lowest BCUT2D eigenvalue weighted by molar-refractivity contribution is -0.119. The third kappa shape index (κ3) is 2.90. The van der Waals surface area contributed by atoms with E-state index >= 15 is 0 Å². The molecule has 2 aromatic rings. The smallest absolute Gasteiger partial charge is 0.279 e. The summed E-state index contributed by atoms with van der Waals surface area (Å²) in [5, 5.41) is 3.83. The molecule has 0 radical (unpaired) electrons. The van der Waals surface area contributed by atoms with Crippen molar-refractivity contribution < 1.29 is 9.18 Å². The van der Waals surface area contributed by atoms with Crippen molar-refractivity contribution >= 4 is 16.8 Å². The van der Waals surface area contributed by atoms with E-state index in [4.69, 9.17) is 0 Å². The summed E-state index contributed by atoms with van der Waals surface area (Å²) in [5.74, 6) is -1.67. The summed E-state index contributed by atoms with van der Waals surface area (Å²) in [6, 6.07) is 8.02. The van der Waals surface area contributed by atoms with Crippen molar-refractivity contribution in [2.24, 2.45) is 7.05 Å². The predicted octanol–water partition coefficient (Wildman–Crippen LogP) is 3.10. The van der Waals surface area contributed by atoms with Crippen molar-refractivity contribution in [2.75, 3.05) is 0 Å². The fourth-order valence-electron chi connectivity index (χ4n) is 2.41. The van der Waals surface area contributed by atoms with E-state index < -0.39 is 11.7 Å². The molecule has 1 amide bonds. The number of aryl methyl sites for hydroxylation is 1. The quantitative estimate of drug-likeness (QED) is 0.835. The first-order chi connectivity index (χ1) is 9.52. The van der Waals surface area contributed by atoms with Crippen LogP contribution in [0.3, 0.4) is 0 Å². The molecule has 106 valence electrons. The van der Waals surface area contributed by atoms with Crippen LogP contribution in [0.25, 0.3) is 10.9 Å². The van der Waals surface area contributed by atoms with Crippen molar-refractivity contribution in [3.05, 3.63) is 48.4 Å². The lowest BCUT2D eigenvalue weighted by Crippen LogP contribution is -2.36. The summed E-state index contributed by atoms with van der Waals surface area (Å²) in [4.78, 5) is 11.4. The normalized spacial score (nSPS) is 12.3. The number of carbonyl (C=O) groups excluding carboxylic acids is 1. The number of amides is 1. The van der Waals surface area contributed by atoms with E-state index in [1.807, 2.05) is 26.1 Å². The Balaban J connectivity index is 2.22. The number of halogens is 1. The molecular weight excluding hydrogens is 255 g/mol. The van der Waals surface area contributed by atoms with Crippen molar-refractivity contribution in [1.29, 1.82) is 0 Å². The Kier molecular flexibility index (Phi) is 4.23. The highest BCUT2D eigenvalue weighted by Gasteiger charge is 2.15. The first kappa shape index (κ1) is 14.3. The van der Waals surface area contributed by atoms with Crippen LogP contribution in [0.2, 0.25) is 0 Å². The summed E-state index contributed by atoms with van der Waals surface area (Å²) >= 11 is 0. The highest BCUT2D eigenvalue weighted by atomic mass is 19.1. The Labute approximate surface area is 118 Å². The zero-order valence-electron chi connectivity index (χ0n) is 11.8. The molecule has 1 atom stereocenters. The van der Waals surface area contributed by atoms with Crippen LogP contribution in [0.1, 0.15) is 18.9 Å². The maximum absolute atomic E-state index is 12.8. The first-order valence-electron chi connectivity index (χ1n) is 6.71. The second kappa shape index (κ2) is 5.90. The molecule has 20 heavy (non-hydrogen) atoms. The van der Waals surface area contributed by atoms with Crippen molar-refractivity contribution in [2.45, 2.75) is 25.8 Å². The van der Waals surface area contributed by atoms with Crippen LogP contribution in [0.15, 0.2) is 42.9 Å². The van der Waals surface area contributed by atoms with Crippen LogP contribution in [-0.2, 0) is 18.3 Å². The van der Waals surface area contributed by atoms with Gasteiger partial charge in [0.1, 0.15) is 0 Å². The van der Waals surface area contributed by atoms with Crippen LogP contribution in [0.4, 0.5) is 4.39 Å². The predicted molar refractivity (Wildman–Crippen MR) is 79.1 cm³/mol. The fourth-order valence-corrected chi connectivity index (χ4v) is 2.41. The number of rotatable bonds is 5. The minimum absolute atomic E-state index is 0.0965. The summed E-state index contributed by atoms with van der Waals surface area (Å²) in [7, 11) is 1.99. The van der Waals surface area contributed by atoms with Gasteiger partial charge in [0.15, 0.2) is 5.83 Å². The Morgan fingerprint density at radius 1 is 1.45 bits per heavy atom. The van der Waals surface area contributed by atoms with E-state index in [9.17, 15) is 9.18 Å². The van der Waals surface area contributed by atoms with Gasteiger partial charge in [0.2, 0.25) is 0 Å². The molecule has 4 heteroatoms. The average Bonchev–Trinajstić information content (AvgIpc) is 2.75. The zero-order chi connectivity index (χ0) is 14.7. The number of benzene rings is 1. The van der Waals surface area contributed by atoms with Crippen LogP contribution in [-0.4, -0.2) is 16.5 Å². The Hall–Kier alpha value is -2.10. The Morgan fingerprint density at radius 3 is 2.80 bits per heavy atom. The largest absolute Gasteiger partial charge is 0.350 e. The third-order valence-corrected chi connectivity index (χ3v) is 3.52. The highest BCUT2D eigenvalue weighted by Crippen LogP contribution is 2.22. The summed E-state index contributed by atoms with van der Waals surface area (Å²) in [6.07, 6.45) is 3.48. The van der Waals surface area contributed by atoms with Gasteiger partial charge < -0.3 is 9.88 Å². The Morgan fingerprint density at radius 2 is 2.15 bits per heavy atom. The molecule has 3 nitrogen and oxygen atoms in total. The number of hydrogen-bond donors (Lipinski definition) is 1. The van der Waals surface area contributed by atoms with E-state index in [1.54, 1.807) is 0 Å². The van der Waals surface area contributed by atoms with Gasteiger partial charge in [-0.1, -0.05) is 31.7 Å².